The summed E-state index contributed by atoms with van der Waals surface area (Å²) in [4.78, 5) is 29.9. The van der Waals surface area contributed by atoms with E-state index in [2.05, 4.69) is 17.2 Å². The third kappa shape index (κ3) is 7.05. The number of carbonyl (C=O) groups is 2. The zero-order chi connectivity index (χ0) is 31.2. The smallest absolute Gasteiger partial charge is 0.316 e. The number of amides is 2. The second kappa shape index (κ2) is 13.7. The average Bonchev–Trinajstić information content (AvgIpc) is 3.03. The van der Waals surface area contributed by atoms with Gasteiger partial charge in [0.1, 0.15) is 11.6 Å². The number of anilines is 1. The highest BCUT2D eigenvalue weighted by Crippen LogP contribution is 2.39. The molecule has 4 aromatic rings. The number of pyridine rings is 1. The number of nitrogens with two attached hydrogens (primary N) is 1. The maximum Gasteiger partial charge on any atom is 0.316 e. The highest BCUT2D eigenvalue weighted by atomic mass is 19.1. The highest BCUT2D eigenvalue weighted by molar-refractivity contribution is 6.39. The Hall–Kier alpha value is -4.77. The van der Waals surface area contributed by atoms with Crippen molar-refractivity contribution in [1.29, 1.82) is 0 Å². The zero-order valence-electron chi connectivity index (χ0n) is 24.5. The van der Waals surface area contributed by atoms with E-state index in [-0.39, 0.29) is 30.5 Å². The fraction of sp³-hybridized carbons (Fsp3) is 0.303. The molecule has 5 rings (SSSR count). The Morgan fingerprint density at radius 1 is 1.00 bits per heavy atom. The van der Waals surface area contributed by atoms with Gasteiger partial charge in [0.15, 0.2) is 23.1 Å². The third-order valence-electron chi connectivity index (χ3n) is 7.79. The standard InChI is InChI=1S/C33H34F2N4O5/c1-20(22-9-13-37-14-10-22)43-31-19-27-25(18-30(31)42-2)28(11-15-38-27)44-29-8-7-24(17-26(29)35)39(33(41)32(36)40)16-12-21-3-5-23(34)6-4-21/h3-8,11,15,17-20,22,37H,9-10,12-14,16H2,1-2H3,(H2,36,40). The first-order chi connectivity index (χ1) is 21.2. The number of benzene rings is 3. The molecule has 3 N–H and O–H groups in total. The maximum absolute atomic E-state index is 15.4. The number of piperidine rings is 1. The number of primary amides is 1. The molecule has 0 aliphatic carbocycles. The molecule has 1 saturated heterocycles. The fourth-order valence-corrected chi connectivity index (χ4v) is 5.31. The van der Waals surface area contributed by atoms with Crippen LogP contribution in [0.4, 0.5) is 14.5 Å². The van der Waals surface area contributed by atoms with Crippen LogP contribution < -0.4 is 30.2 Å². The summed E-state index contributed by atoms with van der Waals surface area (Å²) in [5.74, 6) is -1.64. The van der Waals surface area contributed by atoms with Crippen LogP contribution in [0.25, 0.3) is 10.9 Å². The van der Waals surface area contributed by atoms with Gasteiger partial charge in [-0.3, -0.25) is 14.6 Å². The van der Waals surface area contributed by atoms with E-state index in [1.165, 1.54) is 24.3 Å². The van der Waals surface area contributed by atoms with E-state index in [0.29, 0.717) is 34.1 Å². The number of rotatable bonds is 10. The van der Waals surface area contributed by atoms with Gasteiger partial charge in [0, 0.05) is 35.9 Å². The molecular formula is C33H34F2N4O5. The SMILES string of the molecule is COc1cc2c(Oc3ccc(N(CCc4ccc(F)cc4)C(=O)C(N)=O)cc3F)ccnc2cc1OC(C)C1CCNCC1. The summed E-state index contributed by atoms with van der Waals surface area (Å²) in [5, 5.41) is 3.95. The van der Waals surface area contributed by atoms with E-state index in [9.17, 15) is 14.0 Å². The zero-order valence-corrected chi connectivity index (χ0v) is 24.5. The van der Waals surface area contributed by atoms with Crippen LogP contribution in [0.3, 0.4) is 0 Å². The molecule has 1 aliphatic rings. The van der Waals surface area contributed by atoms with E-state index in [1.807, 2.05) is 0 Å². The Kier molecular flexibility index (Phi) is 9.54. The van der Waals surface area contributed by atoms with Crippen LogP contribution in [0.1, 0.15) is 25.3 Å². The minimum atomic E-state index is -1.18. The van der Waals surface area contributed by atoms with Gasteiger partial charge in [-0.1, -0.05) is 12.1 Å². The Morgan fingerprint density at radius 2 is 1.75 bits per heavy atom. The summed E-state index contributed by atoms with van der Waals surface area (Å²) in [6, 6.07) is 14.8. The van der Waals surface area contributed by atoms with Gasteiger partial charge >= 0.3 is 11.8 Å². The largest absolute Gasteiger partial charge is 0.493 e. The van der Waals surface area contributed by atoms with Gasteiger partial charge in [-0.25, -0.2) is 8.78 Å². The van der Waals surface area contributed by atoms with E-state index in [0.717, 1.165) is 42.5 Å². The number of nitrogens with one attached hydrogen (secondary N) is 1. The number of carbonyl (C=O) groups excluding carboxylic acids is 2. The molecule has 11 heteroatoms. The molecule has 0 bridgehead atoms. The van der Waals surface area contributed by atoms with Crippen molar-refractivity contribution in [2.24, 2.45) is 11.7 Å². The number of hydrogen-bond donors (Lipinski definition) is 2. The molecule has 1 aliphatic heterocycles. The minimum absolute atomic E-state index is 0.0164. The number of methoxy groups -OCH3 is 1. The number of ether oxygens (including phenoxy) is 3. The molecule has 2 heterocycles. The lowest BCUT2D eigenvalue weighted by atomic mass is 9.93. The van der Waals surface area contributed by atoms with Crippen molar-refractivity contribution in [3.8, 4) is 23.0 Å². The van der Waals surface area contributed by atoms with Crippen LogP contribution in [0.5, 0.6) is 23.0 Å². The summed E-state index contributed by atoms with van der Waals surface area (Å²) in [5.41, 5.74) is 6.68. The lowest BCUT2D eigenvalue weighted by Crippen LogP contribution is -2.41. The Morgan fingerprint density at radius 3 is 2.43 bits per heavy atom. The van der Waals surface area contributed by atoms with Crippen LogP contribution in [0.2, 0.25) is 0 Å². The van der Waals surface area contributed by atoms with E-state index >= 15 is 4.39 Å². The molecule has 1 unspecified atom stereocenters. The quantitative estimate of drug-likeness (QED) is 0.241. The first-order valence-corrected chi connectivity index (χ1v) is 14.4. The van der Waals surface area contributed by atoms with Crippen LogP contribution >= 0.6 is 0 Å². The number of fused-ring (bicyclic) bond motifs is 1. The molecule has 1 aromatic heterocycles. The third-order valence-corrected chi connectivity index (χ3v) is 7.79. The topological polar surface area (TPSA) is 116 Å². The van der Waals surface area contributed by atoms with Crippen molar-refractivity contribution < 1.29 is 32.6 Å². The van der Waals surface area contributed by atoms with E-state index < -0.39 is 23.4 Å². The first kappa shape index (κ1) is 30.7. The predicted molar refractivity (Wildman–Crippen MR) is 162 cm³/mol. The molecule has 0 spiro atoms. The molecule has 1 fully saturated rings. The number of aromatic nitrogens is 1. The fourth-order valence-electron chi connectivity index (χ4n) is 5.31. The van der Waals surface area contributed by atoms with Gasteiger partial charge in [0.05, 0.1) is 18.7 Å². The van der Waals surface area contributed by atoms with Gasteiger partial charge < -0.3 is 30.2 Å². The molecule has 2 amide bonds. The molecule has 44 heavy (non-hydrogen) atoms. The molecule has 0 saturated carbocycles. The van der Waals surface area contributed by atoms with Crippen molar-refractivity contribution in [3.63, 3.8) is 0 Å². The van der Waals surface area contributed by atoms with Crippen molar-refractivity contribution in [2.75, 3.05) is 31.6 Å². The van der Waals surface area contributed by atoms with Crippen molar-refractivity contribution in [3.05, 3.63) is 84.1 Å². The molecule has 0 radical (unpaired) electrons. The summed E-state index contributed by atoms with van der Waals surface area (Å²) < 4.78 is 46.6. The molecule has 1 atom stereocenters. The second-order valence-electron chi connectivity index (χ2n) is 10.7. The molecule has 3 aromatic carbocycles. The Balaban J connectivity index is 1.37. The predicted octanol–water partition coefficient (Wildman–Crippen LogP) is 5.14. The van der Waals surface area contributed by atoms with Crippen LogP contribution in [-0.2, 0) is 16.0 Å². The maximum atomic E-state index is 15.4. The van der Waals surface area contributed by atoms with Gasteiger partial charge in [-0.15, -0.1) is 0 Å². The lowest BCUT2D eigenvalue weighted by Gasteiger charge is -2.29. The van der Waals surface area contributed by atoms with Crippen LogP contribution in [0, 0.1) is 17.6 Å². The summed E-state index contributed by atoms with van der Waals surface area (Å²) in [7, 11) is 1.55. The van der Waals surface area contributed by atoms with Gasteiger partial charge in [-0.2, -0.15) is 0 Å². The minimum Gasteiger partial charge on any atom is -0.493 e. The second-order valence-corrected chi connectivity index (χ2v) is 10.7. The highest BCUT2D eigenvalue weighted by Gasteiger charge is 2.24. The normalized spacial score (nSPS) is 14.2. The monoisotopic (exact) mass is 604 g/mol. The van der Waals surface area contributed by atoms with Gasteiger partial charge in [0.2, 0.25) is 0 Å². The lowest BCUT2D eigenvalue weighted by molar-refractivity contribution is -0.135. The summed E-state index contributed by atoms with van der Waals surface area (Å²) >= 11 is 0. The van der Waals surface area contributed by atoms with Crippen molar-refractivity contribution >= 4 is 28.4 Å². The van der Waals surface area contributed by atoms with Gasteiger partial charge in [0.25, 0.3) is 0 Å². The average molecular weight is 605 g/mol. The number of nitrogens with zero attached hydrogens (tertiary/aromatic N) is 2. The Bertz CT molecular complexity index is 1640. The molecule has 230 valence electrons. The van der Waals surface area contributed by atoms with Crippen LogP contribution in [0.15, 0.2) is 66.9 Å². The Labute approximate surface area is 253 Å². The summed E-state index contributed by atoms with van der Waals surface area (Å²) in [6.45, 7) is 3.99. The van der Waals surface area contributed by atoms with Crippen molar-refractivity contribution in [1.82, 2.24) is 10.3 Å². The number of halogens is 2. The first-order valence-electron chi connectivity index (χ1n) is 14.4. The van der Waals surface area contributed by atoms with Gasteiger partial charge in [-0.05, 0) is 87.2 Å². The van der Waals surface area contributed by atoms with E-state index in [4.69, 9.17) is 19.9 Å². The van der Waals surface area contributed by atoms with E-state index in [1.54, 1.807) is 43.6 Å². The van der Waals surface area contributed by atoms with Crippen LogP contribution in [-0.4, -0.2) is 49.6 Å². The summed E-state index contributed by atoms with van der Waals surface area (Å²) in [6.07, 6.45) is 3.87. The molecular weight excluding hydrogens is 570 g/mol. The molecule has 9 nitrogen and oxygen atoms in total. The number of hydrogen-bond acceptors (Lipinski definition) is 7. The van der Waals surface area contributed by atoms with Crippen molar-refractivity contribution in [2.45, 2.75) is 32.3 Å².